The van der Waals surface area contributed by atoms with Gasteiger partial charge in [-0.2, -0.15) is 0 Å². The van der Waals surface area contributed by atoms with E-state index in [0.717, 1.165) is 50.0 Å². The van der Waals surface area contributed by atoms with Crippen LogP contribution in [0, 0.1) is 5.92 Å². The molecule has 4 heteroatoms. The first-order chi connectivity index (χ1) is 10.2. The van der Waals surface area contributed by atoms with Gasteiger partial charge in [-0.05, 0) is 37.5 Å². The third-order valence-corrected chi connectivity index (χ3v) is 4.49. The minimum Gasteiger partial charge on any atom is -0.399 e. The fourth-order valence-corrected chi connectivity index (χ4v) is 3.40. The zero-order valence-electron chi connectivity index (χ0n) is 13.0. The Labute approximate surface area is 126 Å². The van der Waals surface area contributed by atoms with Crippen molar-refractivity contribution in [2.45, 2.75) is 52.2 Å². The highest BCUT2D eigenvalue weighted by Gasteiger charge is 2.28. The molecule has 0 radical (unpaired) electrons. The lowest BCUT2D eigenvalue weighted by Crippen LogP contribution is -2.21. The number of nitrogens with zero attached hydrogens (tertiary/aromatic N) is 2. The molecule has 1 aliphatic heterocycles. The fourth-order valence-electron chi connectivity index (χ4n) is 3.40. The van der Waals surface area contributed by atoms with E-state index in [9.17, 15) is 0 Å². The number of ether oxygens (including phenoxy) is 1. The van der Waals surface area contributed by atoms with E-state index in [-0.39, 0.29) is 0 Å². The van der Waals surface area contributed by atoms with Crippen molar-refractivity contribution >= 4 is 16.7 Å². The van der Waals surface area contributed by atoms with Crippen molar-refractivity contribution in [3.8, 4) is 0 Å². The standard InChI is InChI=1S/C17H25N3O/c1-3-5-17-19-14-10-13(18)6-7-15(14)20(17)11-12-8-9-21-16(12)4-2/h6-7,10,12,16H,3-5,8-9,11,18H2,1-2H3. The Bertz CT molecular complexity index is 620. The number of rotatable bonds is 5. The summed E-state index contributed by atoms with van der Waals surface area (Å²) in [5.41, 5.74) is 8.90. The summed E-state index contributed by atoms with van der Waals surface area (Å²) in [5, 5.41) is 0. The van der Waals surface area contributed by atoms with Crippen molar-refractivity contribution in [3.05, 3.63) is 24.0 Å². The Morgan fingerprint density at radius 3 is 3.00 bits per heavy atom. The van der Waals surface area contributed by atoms with E-state index in [4.69, 9.17) is 15.5 Å². The molecule has 1 fully saturated rings. The van der Waals surface area contributed by atoms with Crippen LogP contribution >= 0.6 is 0 Å². The van der Waals surface area contributed by atoms with Crippen molar-refractivity contribution in [1.29, 1.82) is 0 Å². The minimum atomic E-state index is 0.394. The summed E-state index contributed by atoms with van der Waals surface area (Å²) in [5.74, 6) is 1.78. The summed E-state index contributed by atoms with van der Waals surface area (Å²) in [6.45, 7) is 6.31. The highest BCUT2D eigenvalue weighted by molar-refractivity contribution is 5.79. The molecule has 1 aliphatic rings. The molecule has 2 N–H and O–H groups in total. The first-order valence-corrected chi connectivity index (χ1v) is 8.09. The number of nitrogen functional groups attached to an aromatic ring is 1. The Kier molecular flexibility index (Phi) is 4.15. The van der Waals surface area contributed by atoms with Crippen LogP contribution in [0.4, 0.5) is 5.69 Å². The summed E-state index contributed by atoms with van der Waals surface area (Å²) in [6, 6.07) is 6.06. The van der Waals surface area contributed by atoms with Gasteiger partial charge in [-0.1, -0.05) is 13.8 Å². The summed E-state index contributed by atoms with van der Waals surface area (Å²) >= 11 is 0. The Morgan fingerprint density at radius 2 is 2.24 bits per heavy atom. The SMILES string of the molecule is CCCc1nc2cc(N)ccc2n1CC1CCOC1CC. The average molecular weight is 287 g/mol. The molecule has 0 aliphatic carbocycles. The van der Waals surface area contributed by atoms with Gasteiger partial charge < -0.3 is 15.0 Å². The largest absolute Gasteiger partial charge is 0.399 e. The number of anilines is 1. The van der Waals surface area contributed by atoms with Crippen LogP contribution in [0.5, 0.6) is 0 Å². The molecule has 0 amide bonds. The van der Waals surface area contributed by atoms with Crippen LogP contribution in [0.2, 0.25) is 0 Å². The van der Waals surface area contributed by atoms with Crippen molar-refractivity contribution in [3.63, 3.8) is 0 Å². The van der Waals surface area contributed by atoms with Crippen molar-refractivity contribution in [1.82, 2.24) is 9.55 Å². The molecule has 4 nitrogen and oxygen atoms in total. The first-order valence-electron chi connectivity index (χ1n) is 8.09. The molecule has 1 saturated heterocycles. The molecule has 1 aromatic carbocycles. The number of hydrogen-bond acceptors (Lipinski definition) is 3. The van der Waals surface area contributed by atoms with E-state index >= 15 is 0 Å². The summed E-state index contributed by atoms with van der Waals surface area (Å²) < 4.78 is 8.23. The van der Waals surface area contributed by atoms with Crippen LogP contribution in [0.3, 0.4) is 0 Å². The molecule has 3 rings (SSSR count). The smallest absolute Gasteiger partial charge is 0.109 e. The Morgan fingerprint density at radius 1 is 1.38 bits per heavy atom. The van der Waals surface area contributed by atoms with Crippen molar-refractivity contribution < 1.29 is 4.74 Å². The van der Waals surface area contributed by atoms with Crippen LogP contribution in [0.1, 0.15) is 38.9 Å². The zero-order chi connectivity index (χ0) is 14.8. The minimum absolute atomic E-state index is 0.394. The van der Waals surface area contributed by atoms with Gasteiger partial charge in [0.1, 0.15) is 5.82 Å². The lowest BCUT2D eigenvalue weighted by molar-refractivity contribution is 0.0835. The van der Waals surface area contributed by atoms with E-state index < -0.39 is 0 Å². The number of nitrogens with two attached hydrogens (primary N) is 1. The summed E-state index contributed by atoms with van der Waals surface area (Å²) in [4.78, 5) is 4.80. The van der Waals surface area contributed by atoms with Crippen LogP contribution in [0.15, 0.2) is 18.2 Å². The molecule has 2 unspecified atom stereocenters. The third-order valence-electron chi connectivity index (χ3n) is 4.49. The van der Waals surface area contributed by atoms with Gasteiger partial charge in [0.2, 0.25) is 0 Å². The van der Waals surface area contributed by atoms with Gasteiger partial charge in [-0.3, -0.25) is 0 Å². The lowest BCUT2D eigenvalue weighted by Gasteiger charge is -2.19. The Balaban J connectivity index is 1.96. The van der Waals surface area contributed by atoms with Gasteiger partial charge in [0.15, 0.2) is 0 Å². The second-order valence-electron chi connectivity index (χ2n) is 6.00. The molecule has 0 spiro atoms. The molecule has 2 heterocycles. The van der Waals surface area contributed by atoms with Gasteiger partial charge in [0, 0.05) is 31.2 Å². The monoisotopic (exact) mass is 287 g/mol. The fraction of sp³-hybridized carbons (Fsp3) is 0.588. The number of imidazole rings is 1. The molecular weight excluding hydrogens is 262 g/mol. The average Bonchev–Trinajstić information content (AvgIpc) is 3.04. The maximum atomic E-state index is 5.90. The molecule has 0 bridgehead atoms. The Hall–Kier alpha value is -1.55. The predicted molar refractivity (Wildman–Crippen MR) is 86.3 cm³/mol. The highest BCUT2D eigenvalue weighted by Crippen LogP contribution is 2.28. The molecule has 1 aromatic heterocycles. The van der Waals surface area contributed by atoms with E-state index in [2.05, 4.69) is 24.5 Å². The molecule has 21 heavy (non-hydrogen) atoms. The highest BCUT2D eigenvalue weighted by atomic mass is 16.5. The number of benzene rings is 1. The number of hydrogen-bond donors (Lipinski definition) is 1. The van der Waals surface area contributed by atoms with E-state index in [0.29, 0.717) is 12.0 Å². The maximum Gasteiger partial charge on any atom is 0.109 e. The number of fused-ring (bicyclic) bond motifs is 1. The summed E-state index contributed by atoms with van der Waals surface area (Å²) in [7, 11) is 0. The van der Waals surface area contributed by atoms with Gasteiger partial charge in [-0.15, -0.1) is 0 Å². The van der Waals surface area contributed by atoms with E-state index in [1.807, 2.05) is 12.1 Å². The van der Waals surface area contributed by atoms with Crippen molar-refractivity contribution in [2.75, 3.05) is 12.3 Å². The van der Waals surface area contributed by atoms with Crippen LogP contribution in [-0.2, 0) is 17.7 Å². The second kappa shape index (κ2) is 6.06. The molecule has 114 valence electrons. The van der Waals surface area contributed by atoms with E-state index in [1.165, 1.54) is 11.3 Å². The maximum absolute atomic E-state index is 5.90. The number of aromatic nitrogens is 2. The zero-order valence-corrected chi connectivity index (χ0v) is 13.0. The quantitative estimate of drug-likeness (QED) is 0.858. The molecule has 2 aromatic rings. The second-order valence-corrected chi connectivity index (χ2v) is 6.00. The van der Waals surface area contributed by atoms with Gasteiger partial charge in [0.05, 0.1) is 17.1 Å². The van der Waals surface area contributed by atoms with E-state index in [1.54, 1.807) is 0 Å². The van der Waals surface area contributed by atoms with Crippen molar-refractivity contribution in [2.24, 2.45) is 5.92 Å². The molecule has 2 atom stereocenters. The lowest BCUT2D eigenvalue weighted by atomic mass is 9.99. The summed E-state index contributed by atoms with van der Waals surface area (Å²) in [6.07, 6.45) is 4.76. The van der Waals surface area contributed by atoms with Gasteiger partial charge >= 0.3 is 0 Å². The van der Waals surface area contributed by atoms with Crippen LogP contribution in [-0.4, -0.2) is 22.3 Å². The number of aryl methyl sites for hydroxylation is 1. The van der Waals surface area contributed by atoms with Crippen LogP contribution in [0.25, 0.3) is 11.0 Å². The first kappa shape index (κ1) is 14.4. The van der Waals surface area contributed by atoms with Gasteiger partial charge in [0.25, 0.3) is 0 Å². The molecular formula is C17H25N3O. The topological polar surface area (TPSA) is 53.1 Å². The third kappa shape index (κ3) is 2.77. The van der Waals surface area contributed by atoms with Gasteiger partial charge in [-0.25, -0.2) is 4.98 Å². The van der Waals surface area contributed by atoms with Crippen LogP contribution < -0.4 is 5.73 Å². The predicted octanol–water partition coefficient (Wildman–Crippen LogP) is 3.39. The normalized spacial score (nSPS) is 22.2. The molecule has 0 saturated carbocycles.